The molecule has 0 amide bonds. The largest absolute Gasteiger partial charge is 0.393 e. The molecule has 28 heavy (non-hydrogen) atoms. The van der Waals surface area contributed by atoms with E-state index >= 15 is 0 Å². The van der Waals surface area contributed by atoms with Crippen molar-refractivity contribution >= 4 is 0 Å². The summed E-state index contributed by atoms with van der Waals surface area (Å²) < 4.78 is 0. The second-order valence-corrected chi connectivity index (χ2v) is 13.1. The molecule has 0 bridgehead atoms. The van der Waals surface area contributed by atoms with E-state index in [1.165, 1.54) is 57.8 Å². The van der Waals surface area contributed by atoms with Crippen LogP contribution in [0.5, 0.6) is 0 Å². The van der Waals surface area contributed by atoms with E-state index in [1.807, 2.05) is 0 Å². The maximum atomic E-state index is 10.5. The maximum Gasteiger partial charge on any atom is 0.0546 e. The minimum absolute atomic E-state index is 0.00178. The second-order valence-electron chi connectivity index (χ2n) is 13.1. The fourth-order valence-electron chi connectivity index (χ4n) is 10.3. The van der Waals surface area contributed by atoms with Crippen LogP contribution in [0.15, 0.2) is 0 Å². The summed E-state index contributed by atoms with van der Waals surface area (Å²) >= 11 is 0. The van der Waals surface area contributed by atoms with Gasteiger partial charge >= 0.3 is 0 Å². The van der Waals surface area contributed by atoms with E-state index in [0.29, 0.717) is 16.2 Å². The first kappa shape index (κ1) is 19.9. The smallest absolute Gasteiger partial charge is 0.0546 e. The summed E-state index contributed by atoms with van der Waals surface area (Å²) in [5.41, 5.74) is 1.72. The summed E-state index contributed by atoms with van der Waals surface area (Å²) in [6, 6.07) is 0. The van der Waals surface area contributed by atoms with Crippen molar-refractivity contribution in [2.45, 2.75) is 111 Å². The van der Waals surface area contributed by atoms with E-state index in [0.717, 1.165) is 54.3 Å². The molecule has 5 fully saturated rings. The van der Waals surface area contributed by atoms with Crippen LogP contribution in [-0.2, 0) is 0 Å². The van der Waals surface area contributed by atoms with Gasteiger partial charge in [0.25, 0.3) is 0 Å². The molecule has 5 aliphatic carbocycles. The molecule has 0 saturated heterocycles. The third-order valence-electron chi connectivity index (χ3n) is 11.7. The van der Waals surface area contributed by atoms with Gasteiger partial charge in [-0.3, -0.25) is 0 Å². The molecule has 1 heteroatoms. The summed E-state index contributed by atoms with van der Waals surface area (Å²) in [5.74, 6) is 6.69. The van der Waals surface area contributed by atoms with Gasteiger partial charge in [-0.05, 0) is 109 Å². The molecular formula is C27H46O. The van der Waals surface area contributed by atoms with Crippen molar-refractivity contribution in [3.63, 3.8) is 0 Å². The van der Waals surface area contributed by atoms with Gasteiger partial charge in [-0.2, -0.15) is 0 Å². The van der Waals surface area contributed by atoms with Crippen LogP contribution in [0.25, 0.3) is 0 Å². The SMILES string of the molecule is CC(C)CCCC(C)C1CCC2C3C(CCC12C)C1(C)CCC(O)CC12CC32. The summed E-state index contributed by atoms with van der Waals surface area (Å²) in [6.45, 7) is 12.7. The van der Waals surface area contributed by atoms with Gasteiger partial charge in [0.05, 0.1) is 6.10 Å². The van der Waals surface area contributed by atoms with Crippen LogP contribution >= 0.6 is 0 Å². The standard InChI is InChI=1S/C27H46O/c1-17(2)7-6-8-18(3)20-9-10-21-24-22(12-13-25(20,21)4)26(5)14-11-19(28)15-27(26)16-23(24)27/h17-24,28H,6-16H2,1-5H3. The summed E-state index contributed by atoms with van der Waals surface area (Å²) in [5, 5.41) is 10.5. The molecule has 0 aromatic rings. The topological polar surface area (TPSA) is 20.2 Å². The van der Waals surface area contributed by atoms with Gasteiger partial charge in [0.15, 0.2) is 0 Å². The van der Waals surface area contributed by atoms with Gasteiger partial charge < -0.3 is 5.11 Å². The highest BCUT2D eigenvalue weighted by molar-refractivity contribution is 5.27. The number of rotatable bonds is 5. The lowest BCUT2D eigenvalue weighted by molar-refractivity contribution is -0.0637. The van der Waals surface area contributed by atoms with E-state index in [4.69, 9.17) is 0 Å². The van der Waals surface area contributed by atoms with Crippen LogP contribution in [-0.4, -0.2) is 11.2 Å². The number of aliphatic hydroxyl groups is 1. The van der Waals surface area contributed by atoms with E-state index in [1.54, 1.807) is 0 Å². The van der Waals surface area contributed by atoms with Crippen molar-refractivity contribution < 1.29 is 5.11 Å². The quantitative estimate of drug-likeness (QED) is 0.535. The van der Waals surface area contributed by atoms with Crippen LogP contribution in [0.2, 0.25) is 0 Å². The molecular weight excluding hydrogens is 340 g/mol. The Bertz CT molecular complexity index is 611. The lowest BCUT2D eigenvalue weighted by Crippen LogP contribution is -2.47. The van der Waals surface area contributed by atoms with Crippen molar-refractivity contribution in [3.05, 3.63) is 0 Å². The Labute approximate surface area is 174 Å². The molecule has 5 aliphatic rings. The molecule has 1 N–H and O–H groups in total. The van der Waals surface area contributed by atoms with Gasteiger partial charge in [0.1, 0.15) is 0 Å². The van der Waals surface area contributed by atoms with E-state index in [9.17, 15) is 5.11 Å². The molecule has 0 aromatic heterocycles. The highest BCUT2D eigenvalue weighted by atomic mass is 16.3. The van der Waals surface area contributed by atoms with Crippen LogP contribution < -0.4 is 0 Å². The first-order chi connectivity index (χ1) is 13.2. The van der Waals surface area contributed by atoms with Crippen molar-refractivity contribution in [2.75, 3.05) is 0 Å². The van der Waals surface area contributed by atoms with E-state index in [2.05, 4.69) is 34.6 Å². The molecule has 160 valence electrons. The Balaban J connectivity index is 1.35. The van der Waals surface area contributed by atoms with Crippen LogP contribution in [0, 0.1) is 57.7 Å². The molecule has 10 atom stereocenters. The Morgan fingerprint density at radius 3 is 2.39 bits per heavy atom. The van der Waals surface area contributed by atoms with Gasteiger partial charge in [-0.15, -0.1) is 0 Å². The number of hydrogen-bond acceptors (Lipinski definition) is 1. The summed E-state index contributed by atoms with van der Waals surface area (Å²) in [4.78, 5) is 0. The first-order valence-corrected chi connectivity index (χ1v) is 12.9. The van der Waals surface area contributed by atoms with Crippen LogP contribution in [0.4, 0.5) is 0 Å². The van der Waals surface area contributed by atoms with Gasteiger partial charge in [0.2, 0.25) is 0 Å². The lowest BCUT2D eigenvalue weighted by Gasteiger charge is -2.54. The minimum Gasteiger partial charge on any atom is -0.393 e. The van der Waals surface area contributed by atoms with E-state index < -0.39 is 0 Å². The Morgan fingerprint density at radius 1 is 0.857 bits per heavy atom. The third kappa shape index (κ3) is 2.53. The van der Waals surface area contributed by atoms with Gasteiger partial charge in [0, 0.05) is 0 Å². The molecule has 10 unspecified atom stereocenters. The molecule has 1 spiro atoms. The predicted molar refractivity (Wildman–Crippen MR) is 117 cm³/mol. The Morgan fingerprint density at radius 2 is 1.64 bits per heavy atom. The first-order valence-electron chi connectivity index (χ1n) is 12.9. The lowest BCUT2D eigenvalue weighted by atomic mass is 9.51. The highest BCUT2D eigenvalue weighted by Gasteiger charge is 2.79. The van der Waals surface area contributed by atoms with Crippen molar-refractivity contribution in [2.24, 2.45) is 57.7 Å². The van der Waals surface area contributed by atoms with E-state index in [-0.39, 0.29) is 6.10 Å². The summed E-state index contributed by atoms with van der Waals surface area (Å²) in [6.07, 6.45) is 15.3. The monoisotopic (exact) mass is 386 g/mol. The van der Waals surface area contributed by atoms with Crippen molar-refractivity contribution in [3.8, 4) is 0 Å². The number of hydrogen-bond donors (Lipinski definition) is 1. The van der Waals surface area contributed by atoms with Gasteiger partial charge in [-0.1, -0.05) is 53.9 Å². The van der Waals surface area contributed by atoms with Crippen LogP contribution in [0.3, 0.4) is 0 Å². The Hall–Kier alpha value is -0.0400. The molecule has 1 nitrogen and oxygen atoms in total. The molecule has 5 saturated carbocycles. The summed E-state index contributed by atoms with van der Waals surface area (Å²) in [7, 11) is 0. The fraction of sp³-hybridized carbons (Fsp3) is 1.00. The van der Waals surface area contributed by atoms with Crippen molar-refractivity contribution in [1.29, 1.82) is 0 Å². The normalized spacial score (nSPS) is 55.4. The average molecular weight is 387 g/mol. The zero-order valence-electron chi connectivity index (χ0n) is 19.3. The average Bonchev–Trinajstić information content (AvgIpc) is 3.15. The predicted octanol–water partition coefficient (Wildman–Crippen LogP) is 7.08. The fourth-order valence-corrected chi connectivity index (χ4v) is 10.3. The molecule has 0 aliphatic heterocycles. The molecule has 0 aromatic carbocycles. The Kier molecular flexibility index (Phi) is 4.60. The minimum atomic E-state index is 0.00178. The highest BCUT2D eigenvalue weighted by Crippen LogP contribution is 2.85. The number of fused-ring (bicyclic) bond motifs is 5. The van der Waals surface area contributed by atoms with Crippen molar-refractivity contribution in [1.82, 2.24) is 0 Å². The number of aliphatic hydroxyl groups excluding tert-OH is 1. The zero-order valence-corrected chi connectivity index (χ0v) is 19.3. The molecule has 0 radical (unpaired) electrons. The molecule has 5 rings (SSSR count). The third-order valence-corrected chi connectivity index (χ3v) is 11.7. The molecule has 0 heterocycles. The second kappa shape index (κ2) is 6.48. The van der Waals surface area contributed by atoms with Gasteiger partial charge in [-0.25, -0.2) is 0 Å². The van der Waals surface area contributed by atoms with Crippen LogP contribution in [0.1, 0.15) is 105 Å². The zero-order chi connectivity index (χ0) is 19.9. The maximum absolute atomic E-state index is 10.5.